The number of nitrogens with zero attached hydrogens (tertiary/aromatic N) is 2. The van der Waals surface area contributed by atoms with Crippen LogP contribution in [0.3, 0.4) is 0 Å². The number of thiazole rings is 1. The van der Waals surface area contributed by atoms with Gasteiger partial charge in [0.1, 0.15) is 18.7 Å². The summed E-state index contributed by atoms with van der Waals surface area (Å²) in [4.78, 5) is 18.9. The minimum atomic E-state index is -0.0613. The van der Waals surface area contributed by atoms with Gasteiger partial charge in [0.25, 0.3) is 0 Å². The smallest absolute Gasteiger partial charge is 0.324 e. The highest BCUT2D eigenvalue weighted by molar-refractivity contribution is 7.22. The molecule has 2 saturated heterocycles. The molecule has 0 spiro atoms. The largest absolute Gasteiger partial charge is 0.486 e. The Morgan fingerprint density at radius 1 is 1.30 bits per heavy atom. The number of hydrogen-bond acceptors (Lipinski definition) is 6. The third-order valence-electron chi connectivity index (χ3n) is 4.57. The van der Waals surface area contributed by atoms with Crippen molar-refractivity contribution >= 4 is 32.7 Å². The standard InChI is InChI=1S/C15H16N4O3S/c20-14-17-8-3-4-16-7-9(8)19(14)15-18-12-11(23-15)2-1-10-13(12)22-6-5-21-10/h1-2,8-9,16H,3-7H2,(H,17,20). The topological polar surface area (TPSA) is 75.7 Å². The van der Waals surface area contributed by atoms with Gasteiger partial charge in [0.15, 0.2) is 16.6 Å². The summed E-state index contributed by atoms with van der Waals surface area (Å²) in [6.07, 6.45) is 0.949. The summed E-state index contributed by atoms with van der Waals surface area (Å²) < 4.78 is 12.3. The first-order valence-electron chi connectivity index (χ1n) is 7.81. The van der Waals surface area contributed by atoms with Crippen LogP contribution in [0.1, 0.15) is 6.42 Å². The van der Waals surface area contributed by atoms with Crippen LogP contribution in [0.5, 0.6) is 11.5 Å². The number of rotatable bonds is 1. The number of urea groups is 1. The van der Waals surface area contributed by atoms with E-state index in [1.165, 1.54) is 11.3 Å². The molecule has 5 rings (SSSR count). The van der Waals surface area contributed by atoms with Gasteiger partial charge in [0, 0.05) is 6.54 Å². The molecule has 2 fully saturated rings. The summed E-state index contributed by atoms with van der Waals surface area (Å²) in [5, 5.41) is 7.15. The molecule has 2 amide bonds. The van der Waals surface area contributed by atoms with Crippen molar-refractivity contribution < 1.29 is 14.3 Å². The number of anilines is 1. The monoisotopic (exact) mass is 332 g/mol. The first kappa shape index (κ1) is 13.4. The number of carbonyl (C=O) groups is 1. The Morgan fingerprint density at radius 3 is 3.17 bits per heavy atom. The molecule has 4 heterocycles. The van der Waals surface area contributed by atoms with Crippen LogP contribution in [-0.2, 0) is 0 Å². The molecule has 8 heteroatoms. The number of aromatic nitrogens is 1. The van der Waals surface area contributed by atoms with Crippen molar-refractivity contribution in [3.05, 3.63) is 12.1 Å². The second kappa shape index (κ2) is 4.97. The van der Waals surface area contributed by atoms with Gasteiger partial charge in [-0.05, 0) is 25.1 Å². The molecule has 1 aromatic heterocycles. The van der Waals surface area contributed by atoms with Gasteiger partial charge in [-0.25, -0.2) is 9.78 Å². The molecule has 120 valence electrons. The average Bonchev–Trinajstić information content (AvgIpc) is 3.14. The highest BCUT2D eigenvalue weighted by atomic mass is 32.1. The van der Waals surface area contributed by atoms with Crippen molar-refractivity contribution in [2.24, 2.45) is 0 Å². The first-order chi connectivity index (χ1) is 11.3. The Bertz CT molecular complexity index is 792. The van der Waals surface area contributed by atoms with Gasteiger partial charge in [0.05, 0.1) is 16.8 Å². The van der Waals surface area contributed by atoms with Crippen LogP contribution in [0, 0.1) is 0 Å². The van der Waals surface area contributed by atoms with E-state index in [1.54, 1.807) is 4.90 Å². The van der Waals surface area contributed by atoms with Gasteiger partial charge >= 0.3 is 6.03 Å². The number of amides is 2. The zero-order valence-electron chi connectivity index (χ0n) is 12.4. The van der Waals surface area contributed by atoms with Gasteiger partial charge in [0.2, 0.25) is 0 Å². The number of nitrogens with one attached hydrogen (secondary N) is 2. The Kier molecular flexibility index (Phi) is 2.89. The zero-order valence-corrected chi connectivity index (χ0v) is 13.2. The van der Waals surface area contributed by atoms with Crippen molar-refractivity contribution in [1.82, 2.24) is 15.6 Å². The van der Waals surface area contributed by atoms with Crippen LogP contribution in [0.15, 0.2) is 12.1 Å². The first-order valence-corrected chi connectivity index (χ1v) is 8.62. The van der Waals surface area contributed by atoms with E-state index >= 15 is 0 Å². The zero-order chi connectivity index (χ0) is 15.4. The van der Waals surface area contributed by atoms with Crippen LogP contribution >= 0.6 is 11.3 Å². The SMILES string of the molecule is O=C1NC2CCNCC2N1c1nc2c3c(ccc2s1)OCCO3. The highest BCUT2D eigenvalue weighted by Gasteiger charge is 2.42. The summed E-state index contributed by atoms with van der Waals surface area (Å²) in [7, 11) is 0. The lowest BCUT2D eigenvalue weighted by molar-refractivity contribution is 0.173. The maximum atomic E-state index is 12.4. The lowest BCUT2D eigenvalue weighted by Gasteiger charge is -2.28. The Balaban J connectivity index is 1.59. The van der Waals surface area contributed by atoms with Crippen LogP contribution < -0.4 is 25.0 Å². The molecule has 7 nitrogen and oxygen atoms in total. The average molecular weight is 332 g/mol. The Morgan fingerprint density at radius 2 is 2.22 bits per heavy atom. The number of piperidine rings is 1. The maximum absolute atomic E-state index is 12.4. The molecule has 3 aliphatic rings. The molecule has 0 saturated carbocycles. The quantitative estimate of drug-likeness (QED) is 0.824. The molecular weight excluding hydrogens is 316 g/mol. The second-order valence-corrected chi connectivity index (χ2v) is 6.93. The summed E-state index contributed by atoms with van der Waals surface area (Å²) in [5.74, 6) is 1.41. The minimum absolute atomic E-state index is 0.0613. The summed E-state index contributed by atoms with van der Waals surface area (Å²) in [6.45, 7) is 2.81. The molecule has 2 atom stereocenters. The fourth-order valence-electron chi connectivity index (χ4n) is 3.48. The van der Waals surface area contributed by atoms with E-state index in [0.29, 0.717) is 19.0 Å². The number of hydrogen-bond donors (Lipinski definition) is 2. The van der Waals surface area contributed by atoms with Crippen molar-refractivity contribution in [2.45, 2.75) is 18.5 Å². The number of carbonyl (C=O) groups excluding carboxylic acids is 1. The number of benzene rings is 1. The molecule has 0 aliphatic carbocycles. The van der Waals surface area contributed by atoms with E-state index < -0.39 is 0 Å². The van der Waals surface area contributed by atoms with E-state index in [1.807, 2.05) is 12.1 Å². The predicted octanol–water partition coefficient (Wildman–Crippen LogP) is 1.33. The van der Waals surface area contributed by atoms with Crippen molar-refractivity contribution in [3.63, 3.8) is 0 Å². The van der Waals surface area contributed by atoms with Gasteiger partial charge in [-0.3, -0.25) is 4.90 Å². The summed E-state index contributed by atoms with van der Waals surface area (Å²) in [6, 6.07) is 4.14. The maximum Gasteiger partial charge on any atom is 0.324 e. The van der Waals surface area contributed by atoms with Gasteiger partial charge < -0.3 is 20.1 Å². The summed E-state index contributed by atoms with van der Waals surface area (Å²) in [5.41, 5.74) is 0.780. The fourth-order valence-corrected chi connectivity index (χ4v) is 4.50. The molecule has 23 heavy (non-hydrogen) atoms. The molecule has 0 bridgehead atoms. The van der Waals surface area contributed by atoms with Gasteiger partial charge in [-0.15, -0.1) is 0 Å². The molecule has 2 N–H and O–H groups in total. The van der Waals surface area contributed by atoms with Crippen LogP contribution in [-0.4, -0.2) is 49.4 Å². The second-order valence-electron chi connectivity index (χ2n) is 5.92. The van der Waals surface area contributed by atoms with E-state index in [4.69, 9.17) is 14.5 Å². The van der Waals surface area contributed by atoms with Crippen molar-refractivity contribution in [1.29, 1.82) is 0 Å². The molecule has 3 aliphatic heterocycles. The molecular formula is C15H16N4O3S. The van der Waals surface area contributed by atoms with Crippen LogP contribution in [0.25, 0.3) is 10.2 Å². The minimum Gasteiger partial charge on any atom is -0.486 e. The molecule has 0 radical (unpaired) electrons. The van der Waals surface area contributed by atoms with E-state index in [2.05, 4.69) is 10.6 Å². The Labute approximate surface area is 136 Å². The fraction of sp³-hybridized carbons (Fsp3) is 0.467. The normalized spacial score (nSPS) is 26.3. The van der Waals surface area contributed by atoms with Gasteiger partial charge in [-0.1, -0.05) is 11.3 Å². The van der Waals surface area contributed by atoms with Crippen LogP contribution in [0.2, 0.25) is 0 Å². The Hall–Kier alpha value is -2.06. The predicted molar refractivity (Wildman–Crippen MR) is 86.7 cm³/mol. The molecule has 1 aromatic carbocycles. The van der Waals surface area contributed by atoms with E-state index in [9.17, 15) is 4.79 Å². The lowest BCUT2D eigenvalue weighted by atomic mass is 10.0. The third-order valence-corrected chi connectivity index (χ3v) is 5.59. The third kappa shape index (κ3) is 1.98. The van der Waals surface area contributed by atoms with Gasteiger partial charge in [-0.2, -0.15) is 0 Å². The van der Waals surface area contributed by atoms with Crippen molar-refractivity contribution in [2.75, 3.05) is 31.2 Å². The molecule has 2 aromatic rings. The van der Waals surface area contributed by atoms with E-state index in [0.717, 1.165) is 40.6 Å². The van der Waals surface area contributed by atoms with Crippen LogP contribution in [0.4, 0.5) is 9.93 Å². The number of fused-ring (bicyclic) bond motifs is 4. The summed E-state index contributed by atoms with van der Waals surface area (Å²) >= 11 is 1.52. The van der Waals surface area contributed by atoms with E-state index in [-0.39, 0.29) is 18.1 Å². The highest BCUT2D eigenvalue weighted by Crippen LogP contribution is 2.42. The molecule has 2 unspecified atom stereocenters. The number of ether oxygens (including phenoxy) is 2. The van der Waals surface area contributed by atoms with Crippen molar-refractivity contribution in [3.8, 4) is 11.5 Å². The lowest BCUT2D eigenvalue weighted by Crippen LogP contribution is -2.49.